The SMILES string of the molecule is O=C(O)CS(=O)(=O)Cc1cccc(F)c1. The van der Waals surface area contributed by atoms with Gasteiger partial charge in [0.25, 0.3) is 0 Å². The van der Waals surface area contributed by atoms with Gasteiger partial charge in [0, 0.05) is 0 Å². The van der Waals surface area contributed by atoms with Crippen molar-refractivity contribution < 1.29 is 22.7 Å². The van der Waals surface area contributed by atoms with E-state index in [1.54, 1.807) is 0 Å². The molecule has 0 unspecified atom stereocenters. The molecule has 4 nitrogen and oxygen atoms in total. The van der Waals surface area contributed by atoms with Crippen molar-refractivity contribution in [3.63, 3.8) is 0 Å². The average Bonchev–Trinajstić information content (AvgIpc) is 1.99. The summed E-state index contributed by atoms with van der Waals surface area (Å²) < 4.78 is 35.1. The fraction of sp³-hybridized carbons (Fsp3) is 0.222. The van der Waals surface area contributed by atoms with E-state index in [1.165, 1.54) is 18.2 Å². The summed E-state index contributed by atoms with van der Waals surface area (Å²) >= 11 is 0. The van der Waals surface area contributed by atoms with E-state index in [1.807, 2.05) is 0 Å². The molecule has 1 rings (SSSR count). The van der Waals surface area contributed by atoms with Gasteiger partial charge in [-0.25, -0.2) is 12.8 Å². The Morgan fingerprint density at radius 2 is 2.07 bits per heavy atom. The number of aliphatic carboxylic acids is 1. The molecule has 0 aromatic heterocycles. The molecule has 1 aromatic carbocycles. The Morgan fingerprint density at radius 1 is 1.40 bits per heavy atom. The van der Waals surface area contributed by atoms with Crippen LogP contribution in [0.1, 0.15) is 5.56 Å². The van der Waals surface area contributed by atoms with Crippen LogP contribution in [0.2, 0.25) is 0 Å². The zero-order valence-electron chi connectivity index (χ0n) is 7.68. The third-order valence-corrected chi connectivity index (χ3v) is 3.08. The molecule has 0 fully saturated rings. The zero-order valence-corrected chi connectivity index (χ0v) is 8.50. The van der Waals surface area contributed by atoms with Crippen LogP contribution in [0.5, 0.6) is 0 Å². The molecule has 1 N–H and O–H groups in total. The number of carbonyl (C=O) groups is 1. The van der Waals surface area contributed by atoms with Gasteiger partial charge in [-0.15, -0.1) is 0 Å². The van der Waals surface area contributed by atoms with Crippen LogP contribution < -0.4 is 0 Å². The first-order valence-electron chi connectivity index (χ1n) is 4.06. The molecule has 0 heterocycles. The molecule has 15 heavy (non-hydrogen) atoms. The molecule has 0 bridgehead atoms. The highest BCUT2D eigenvalue weighted by Crippen LogP contribution is 2.08. The first kappa shape index (κ1) is 11.6. The summed E-state index contributed by atoms with van der Waals surface area (Å²) in [7, 11) is -3.72. The highest BCUT2D eigenvalue weighted by molar-refractivity contribution is 7.91. The minimum Gasteiger partial charge on any atom is -0.480 e. The lowest BCUT2D eigenvalue weighted by Crippen LogP contribution is -2.16. The molecule has 0 aliphatic heterocycles. The lowest BCUT2D eigenvalue weighted by Gasteiger charge is -2.01. The van der Waals surface area contributed by atoms with E-state index in [9.17, 15) is 17.6 Å². The van der Waals surface area contributed by atoms with Gasteiger partial charge in [-0.1, -0.05) is 12.1 Å². The Kier molecular flexibility index (Phi) is 3.41. The van der Waals surface area contributed by atoms with E-state index >= 15 is 0 Å². The molecule has 0 saturated carbocycles. The first-order chi connectivity index (χ1) is 6.89. The maximum absolute atomic E-state index is 12.7. The molecule has 0 saturated heterocycles. The van der Waals surface area contributed by atoms with Gasteiger partial charge in [0.2, 0.25) is 0 Å². The summed E-state index contributed by atoms with van der Waals surface area (Å²) in [6.45, 7) is 0. The third-order valence-electron chi connectivity index (χ3n) is 1.62. The zero-order chi connectivity index (χ0) is 11.5. The predicted octanol–water partition coefficient (Wildman–Crippen LogP) is 0.825. The van der Waals surface area contributed by atoms with Crippen molar-refractivity contribution >= 4 is 15.8 Å². The number of rotatable bonds is 4. The van der Waals surface area contributed by atoms with Gasteiger partial charge in [-0.05, 0) is 17.7 Å². The lowest BCUT2D eigenvalue weighted by molar-refractivity contribution is -0.134. The van der Waals surface area contributed by atoms with Gasteiger partial charge in [-0.2, -0.15) is 0 Å². The highest BCUT2D eigenvalue weighted by Gasteiger charge is 2.16. The van der Waals surface area contributed by atoms with Crippen LogP contribution in [-0.2, 0) is 20.4 Å². The minimum atomic E-state index is -3.72. The van der Waals surface area contributed by atoms with Crippen LogP contribution in [0, 0.1) is 5.82 Å². The third kappa shape index (κ3) is 4.07. The standard InChI is InChI=1S/C9H9FO4S/c10-8-3-1-2-7(4-8)5-15(13,14)6-9(11)12/h1-4H,5-6H2,(H,11,12). The Morgan fingerprint density at radius 3 is 2.60 bits per heavy atom. The Hall–Kier alpha value is -1.43. The number of benzene rings is 1. The lowest BCUT2D eigenvalue weighted by atomic mass is 10.2. The van der Waals surface area contributed by atoms with Crippen molar-refractivity contribution in [3.05, 3.63) is 35.6 Å². The summed E-state index contributed by atoms with van der Waals surface area (Å²) in [5, 5.41) is 8.33. The van der Waals surface area contributed by atoms with E-state index in [2.05, 4.69) is 0 Å². The molecule has 1 aromatic rings. The van der Waals surface area contributed by atoms with E-state index in [0.717, 1.165) is 6.07 Å². The number of hydrogen-bond acceptors (Lipinski definition) is 3. The summed E-state index contributed by atoms with van der Waals surface area (Å²) in [5.41, 5.74) is 0.247. The molecule has 0 radical (unpaired) electrons. The van der Waals surface area contributed by atoms with Gasteiger partial charge < -0.3 is 5.11 Å². The number of carboxylic acids is 1. The maximum Gasteiger partial charge on any atom is 0.318 e. The average molecular weight is 232 g/mol. The van der Waals surface area contributed by atoms with Crippen LogP contribution in [0.25, 0.3) is 0 Å². The molecule has 0 aliphatic rings. The molecule has 0 atom stereocenters. The van der Waals surface area contributed by atoms with Crippen LogP contribution >= 0.6 is 0 Å². The van der Waals surface area contributed by atoms with Crippen molar-refractivity contribution in [2.24, 2.45) is 0 Å². The van der Waals surface area contributed by atoms with Gasteiger partial charge >= 0.3 is 5.97 Å². The molecular formula is C9H9FO4S. The van der Waals surface area contributed by atoms with Crippen LogP contribution in [0.4, 0.5) is 4.39 Å². The summed E-state index contributed by atoms with van der Waals surface area (Å²) in [6.07, 6.45) is 0. The monoisotopic (exact) mass is 232 g/mol. The fourth-order valence-corrected chi connectivity index (χ4v) is 2.29. The predicted molar refractivity (Wildman–Crippen MR) is 51.5 cm³/mol. The molecule has 6 heteroatoms. The van der Waals surface area contributed by atoms with E-state index in [0.29, 0.717) is 0 Å². The normalized spacial score (nSPS) is 11.3. The second kappa shape index (κ2) is 4.39. The van der Waals surface area contributed by atoms with Crippen LogP contribution in [0.15, 0.2) is 24.3 Å². The van der Waals surface area contributed by atoms with Crippen molar-refractivity contribution in [1.29, 1.82) is 0 Å². The van der Waals surface area contributed by atoms with E-state index in [4.69, 9.17) is 5.11 Å². The number of hydrogen-bond donors (Lipinski definition) is 1. The van der Waals surface area contributed by atoms with Crippen molar-refractivity contribution in [2.45, 2.75) is 5.75 Å². The van der Waals surface area contributed by atoms with Gasteiger partial charge in [0.15, 0.2) is 9.84 Å². The van der Waals surface area contributed by atoms with E-state index in [-0.39, 0.29) is 5.56 Å². The second-order valence-corrected chi connectivity index (χ2v) is 5.12. The van der Waals surface area contributed by atoms with Crippen LogP contribution in [0.3, 0.4) is 0 Å². The highest BCUT2D eigenvalue weighted by atomic mass is 32.2. The number of sulfone groups is 1. The van der Waals surface area contributed by atoms with Crippen molar-refractivity contribution in [3.8, 4) is 0 Å². The van der Waals surface area contributed by atoms with Crippen molar-refractivity contribution in [1.82, 2.24) is 0 Å². The maximum atomic E-state index is 12.7. The van der Waals surface area contributed by atoms with E-state index < -0.39 is 33.1 Å². The first-order valence-corrected chi connectivity index (χ1v) is 5.88. The van der Waals surface area contributed by atoms with Gasteiger partial charge in [0.1, 0.15) is 11.6 Å². The second-order valence-electron chi connectivity index (χ2n) is 3.06. The topological polar surface area (TPSA) is 71.4 Å². The minimum absolute atomic E-state index is 0.247. The molecule has 0 spiro atoms. The Balaban J connectivity index is 2.82. The molecule has 0 amide bonds. The molecular weight excluding hydrogens is 223 g/mol. The Bertz CT molecular complexity index is 467. The quantitative estimate of drug-likeness (QED) is 0.834. The summed E-state index contributed by atoms with van der Waals surface area (Å²) in [4.78, 5) is 10.2. The van der Waals surface area contributed by atoms with Crippen LogP contribution in [-0.4, -0.2) is 25.2 Å². The summed E-state index contributed by atoms with van der Waals surface area (Å²) in [5.74, 6) is -3.36. The molecule has 0 aliphatic carbocycles. The number of carboxylic acid groups (broad SMARTS) is 1. The molecule has 82 valence electrons. The Labute approximate surface area is 86.3 Å². The van der Waals surface area contributed by atoms with Gasteiger partial charge in [-0.3, -0.25) is 4.79 Å². The smallest absolute Gasteiger partial charge is 0.318 e. The summed E-state index contributed by atoms with van der Waals surface area (Å²) in [6, 6.07) is 5.07. The van der Waals surface area contributed by atoms with Crippen molar-refractivity contribution in [2.75, 3.05) is 5.75 Å². The van der Waals surface area contributed by atoms with Gasteiger partial charge in [0.05, 0.1) is 5.75 Å². The largest absolute Gasteiger partial charge is 0.480 e. The number of halogens is 1. The fourth-order valence-electron chi connectivity index (χ4n) is 1.12.